The van der Waals surface area contributed by atoms with Gasteiger partial charge < -0.3 is 20.1 Å². The number of pyridine rings is 1. The Bertz CT molecular complexity index is 1860. The molecule has 1 amide bonds. The first-order valence-corrected chi connectivity index (χ1v) is 14.4. The van der Waals surface area contributed by atoms with Crippen molar-refractivity contribution in [1.82, 2.24) is 24.6 Å². The number of halogens is 1. The van der Waals surface area contributed by atoms with Crippen LogP contribution in [0.4, 0.5) is 15.8 Å². The number of amides is 1. The number of aromatic nitrogens is 4. The topological polar surface area (TPSA) is 82.1 Å². The second-order valence-corrected chi connectivity index (χ2v) is 11.3. The minimum Gasteiger partial charge on any atom is -0.369 e. The molecule has 0 saturated carbocycles. The van der Waals surface area contributed by atoms with Gasteiger partial charge in [-0.2, -0.15) is 5.10 Å². The first-order chi connectivity index (χ1) is 20.7. The minimum atomic E-state index is -0.410. The van der Waals surface area contributed by atoms with Crippen LogP contribution in [0.2, 0.25) is 0 Å². The molecule has 0 radical (unpaired) electrons. The van der Waals surface area contributed by atoms with Crippen LogP contribution in [-0.2, 0) is 11.8 Å². The summed E-state index contributed by atoms with van der Waals surface area (Å²) in [6, 6.07) is 11.9. The Kier molecular flexibility index (Phi) is 7.35. The number of H-pyrrole nitrogens is 1. The van der Waals surface area contributed by atoms with E-state index in [2.05, 4.69) is 70.0 Å². The van der Waals surface area contributed by atoms with Gasteiger partial charge in [0.15, 0.2) is 0 Å². The maximum absolute atomic E-state index is 15.5. The number of rotatable bonds is 6. The van der Waals surface area contributed by atoms with Gasteiger partial charge in [-0.3, -0.25) is 9.48 Å². The number of carbonyl (C=O) groups excluding carboxylic acids is 1. The number of nitrogens with zero attached hydrogens (tertiary/aromatic N) is 5. The van der Waals surface area contributed by atoms with Crippen molar-refractivity contribution in [2.45, 2.75) is 20.8 Å². The molecule has 2 N–H and O–H groups in total. The highest BCUT2D eigenvalue weighted by Crippen LogP contribution is 2.43. The van der Waals surface area contributed by atoms with Gasteiger partial charge in [0.1, 0.15) is 11.5 Å². The number of piperazine rings is 1. The van der Waals surface area contributed by atoms with Crippen molar-refractivity contribution in [1.29, 1.82) is 0 Å². The predicted octanol–water partition coefficient (Wildman–Crippen LogP) is 6.24. The summed E-state index contributed by atoms with van der Waals surface area (Å²) in [7, 11) is 4.07. The molecule has 9 heteroatoms. The van der Waals surface area contributed by atoms with Crippen molar-refractivity contribution in [2.24, 2.45) is 7.05 Å². The standard InChI is InChI=1S/C34H36FN7O/c1-7-30(43)38-29-17-24(16-28(35)21(29)3)32-31-20(2)26(27-19-37-41(6)22(27)4)18-36-34(31)39-33(32)23-8-10-25(11-9-23)42-14-12-40(5)13-15-42/h7-11,16-19H,1,12-15H2,2-6H3,(H,36,39)(H,38,43). The zero-order chi connectivity index (χ0) is 30.4. The molecule has 1 fully saturated rings. The summed E-state index contributed by atoms with van der Waals surface area (Å²) in [5.41, 5.74) is 9.87. The Hall–Kier alpha value is -4.76. The second-order valence-electron chi connectivity index (χ2n) is 11.3. The molecule has 0 bridgehead atoms. The van der Waals surface area contributed by atoms with E-state index in [1.807, 2.05) is 37.1 Å². The summed E-state index contributed by atoms with van der Waals surface area (Å²) >= 11 is 0. The smallest absolute Gasteiger partial charge is 0.247 e. The first kappa shape index (κ1) is 28.4. The third kappa shape index (κ3) is 5.10. The quantitative estimate of drug-likeness (QED) is 0.234. The van der Waals surface area contributed by atoms with E-state index < -0.39 is 11.7 Å². The lowest BCUT2D eigenvalue weighted by molar-refractivity contribution is -0.111. The molecule has 4 heterocycles. The summed E-state index contributed by atoms with van der Waals surface area (Å²) in [5.74, 6) is -0.807. The summed E-state index contributed by atoms with van der Waals surface area (Å²) in [6.07, 6.45) is 4.90. The number of nitrogens with one attached hydrogen (secondary N) is 2. The molecule has 0 aliphatic carbocycles. The van der Waals surface area contributed by atoms with E-state index in [9.17, 15) is 4.79 Å². The summed E-state index contributed by atoms with van der Waals surface area (Å²) in [6.45, 7) is 13.3. The largest absolute Gasteiger partial charge is 0.369 e. The Morgan fingerprint density at radius 2 is 1.70 bits per heavy atom. The van der Waals surface area contributed by atoms with E-state index in [0.29, 0.717) is 22.5 Å². The molecular formula is C34H36FN7O. The number of fused-ring (bicyclic) bond motifs is 1. The van der Waals surface area contributed by atoms with Crippen LogP contribution in [0.25, 0.3) is 44.5 Å². The lowest BCUT2D eigenvalue weighted by Gasteiger charge is -2.34. The van der Waals surface area contributed by atoms with Gasteiger partial charge in [0.2, 0.25) is 5.91 Å². The molecule has 6 rings (SSSR count). The van der Waals surface area contributed by atoms with Crippen molar-refractivity contribution in [3.05, 3.63) is 84.1 Å². The van der Waals surface area contributed by atoms with Gasteiger partial charge in [-0.05, 0) is 74.9 Å². The molecule has 43 heavy (non-hydrogen) atoms. The van der Waals surface area contributed by atoms with Crippen LogP contribution in [0.1, 0.15) is 16.8 Å². The van der Waals surface area contributed by atoms with Crippen molar-refractivity contribution < 1.29 is 9.18 Å². The molecule has 0 spiro atoms. The van der Waals surface area contributed by atoms with Gasteiger partial charge in [-0.1, -0.05) is 18.7 Å². The van der Waals surface area contributed by atoms with E-state index in [0.717, 1.165) is 70.8 Å². The van der Waals surface area contributed by atoms with Crippen LogP contribution in [-0.4, -0.2) is 63.8 Å². The molecule has 1 aliphatic heterocycles. The summed E-state index contributed by atoms with van der Waals surface area (Å²) in [4.78, 5) is 25.4. The van der Waals surface area contributed by atoms with Gasteiger partial charge in [0.05, 0.1) is 11.9 Å². The molecule has 8 nitrogen and oxygen atoms in total. The van der Waals surface area contributed by atoms with Gasteiger partial charge in [0, 0.05) is 84.1 Å². The Morgan fingerprint density at radius 1 is 0.977 bits per heavy atom. The lowest BCUT2D eigenvalue weighted by Crippen LogP contribution is -2.44. The Labute approximate surface area is 250 Å². The average molecular weight is 578 g/mol. The number of hydrogen-bond donors (Lipinski definition) is 2. The Balaban J connectivity index is 1.56. The highest BCUT2D eigenvalue weighted by atomic mass is 19.1. The van der Waals surface area contributed by atoms with Gasteiger partial charge >= 0.3 is 0 Å². The maximum atomic E-state index is 15.5. The molecule has 5 aromatic rings. The fourth-order valence-electron chi connectivity index (χ4n) is 5.89. The summed E-state index contributed by atoms with van der Waals surface area (Å²) < 4.78 is 17.3. The van der Waals surface area contributed by atoms with Crippen LogP contribution in [0.15, 0.2) is 61.4 Å². The fraction of sp³-hybridized carbons (Fsp3) is 0.265. The number of anilines is 2. The zero-order valence-electron chi connectivity index (χ0n) is 25.3. The molecule has 3 aromatic heterocycles. The predicted molar refractivity (Wildman–Crippen MR) is 172 cm³/mol. The van der Waals surface area contributed by atoms with Crippen molar-refractivity contribution in [3.63, 3.8) is 0 Å². The molecule has 1 saturated heterocycles. The van der Waals surface area contributed by atoms with E-state index in [1.165, 1.54) is 17.8 Å². The van der Waals surface area contributed by atoms with Crippen molar-refractivity contribution >= 4 is 28.3 Å². The van der Waals surface area contributed by atoms with Crippen LogP contribution < -0.4 is 10.2 Å². The van der Waals surface area contributed by atoms with E-state index >= 15 is 4.39 Å². The normalized spacial score (nSPS) is 14.0. The summed E-state index contributed by atoms with van der Waals surface area (Å²) in [5, 5.41) is 8.11. The SMILES string of the molecule is C=CC(=O)Nc1cc(-c2c(-c3ccc(N4CCN(C)CC4)cc3)[nH]c3ncc(-c4cnn(C)c4C)c(C)c23)cc(F)c1C. The first-order valence-electron chi connectivity index (χ1n) is 14.4. The van der Waals surface area contributed by atoms with Crippen LogP contribution >= 0.6 is 0 Å². The van der Waals surface area contributed by atoms with Crippen LogP contribution in [0.5, 0.6) is 0 Å². The molecular weight excluding hydrogens is 541 g/mol. The van der Waals surface area contributed by atoms with Crippen LogP contribution in [0, 0.1) is 26.6 Å². The van der Waals surface area contributed by atoms with E-state index in [-0.39, 0.29) is 0 Å². The van der Waals surface area contributed by atoms with Gasteiger partial charge in [0.25, 0.3) is 0 Å². The molecule has 0 atom stereocenters. The monoisotopic (exact) mass is 577 g/mol. The molecule has 1 aliphatic rings. The molecule has 2 aromatic carbocycles. The van der Waals surface area contributed by atoms with E-state index in [4.69, 9.17) is 4.98 Å². The van der Waals surface area contributed by atoms with Crippen molar-refractivity contribution in [3.8, 4) is 33.5 Å². The number of aromatic amines is 1. The lowest BCUT2D eigenvalue weighted by atomic mass is 9.93. The second kappa shape index (κ2) is 11.1. The third-order valence-corrected chi connectivity index (χ3v) is 8.71. The highest BCUT2D eigenvalue weighted by molar-refractivity contribution is 6.07. The van der Waals surface area contributed by atoms with Crippen LogP contribution in [0.3, 0.4) is 0 Å². The van der Waals surface area contributed by atoms with E-state index in [1.54, 1.807) is 6.92 Å². The Morgan fingerprint density at radius 3 is 2.35 bits per heavy atom. The molecule has 0 unspecified atom stereocenters. The van der Waals surface area contributed by atoms with Crippen molar-refractivity contribution in [2.75, 3.05) is 43.4 Å². The molecule has 220 valence electrons. The number of aryl methyl sites for hydroxylation is 2. The number of likely N-dealkylation sites (N-methyl/N-ethyl adjacent to an activating group) is 1. The third-order valence-electron chi connectivity index (χ3n) is 8.71. The minimum absolute atomic E-state index is 0.360. The zero-order valence-corrected chi connectivity index (χ0v) is 25.3. The number of benzene rings is 2. The van der Waals surface area contributed by atoms with Gasteiger partial charge in [-0.15, -0.1) is 0 Å². The highest BCUT2D eigenvalue weighted by Gasteiger charge is 2.23. The average Bonchev–Trinajstić information content (AvgIpc) is 3.56. The van der Waals surface area contributed by atoms with Gasteiger partial charge in [-0.25, -0.2) is 9.37 Å². The number of hydrogen-bond acceptors (Lipinski definition) is 5. The maximum Gasteiger partial charge on any atom is 0.247 e. The fourth-order valence-corrected chi connectivity index (χ4v) is 5.89. The number of carbonyl (C=O) groups is 1.